The Morgan fingerprint density at radius 1 is 1.13 bits per heavy atom. The molecule has 3 N–H and O–H groups in total. The van der Waals surface area contributed by atoms with Gasteiger partial charge in [-0.3, -0.25) is 0 Å². The van der Waals surface area contributed by atoms with Crippen LogP contribution in [0.15, 0.2) is 48.7 Å². The molecule has 0 aliphatic heterocycles. The van der Waals surface area contributed by atoms with E-state index in [1.165, 1.54) is 18.3 Å². The first-order valence-electron chi connectivity index (χ1n) is 4.84. The van der Waals surface area contributed by atoms with E-state index >= 15 is 0 Å². The molecule has 0 amide bonds. The molecule has 0 spiro atoms. The van der Waals surface area contributed by atoms with Crippen LogP contribution in [-0.4, -0.2) is 17.2 Å². The van der Waals surface area contributed by atoms with Gasteiger partial charge >= 0.3 is 0 Å². The Labute approximate surface area is 89.7 Å². The Morgan fingerprint density at radius 3 is 2.33 bits per heavy atom. The van der Waals surface area contributed by atoms with E-state index in [0.29, 0.717) is 0 Å². The summed E-state index contributed by atoms with van der Waals surface area (Å²) >= 11 is 0. The molecule has 3 nitrogen and oxygen atoms in total. The second kappa shape index (κ2) is 6.81. The molecule has 15 heavy (non-hydrogen) atoms. The largest absolute Gasteiger partial charge is 0.365 e. The molecule has 0 saturated carbocycles. The number of aromatic nitrogens is 1. The number of hydroxylamine groups is 1. The van der Waals surface area contributed by atoms with E-state index in [4.69, 9.17) is 5.21 Å². The molecule has 0 aliphatic rings. The van der Waals surface area contributed by atoms with E-state index in [1.807, 2.05) is 18.3 Å². The van der Waals surface area contributed by atoms with Crippen molar-refractivity contribution in [2.24, 2.45) is 0 Å². The maximum Gasteiger partial charge on any atom is 0.0191 e. The standard InChI is InChI=1S/C11H11N.CH5NO/c1-2-5-10(6-3-1)9-11-7-4-8-12-11;1-2-3/h1-8,12H,9H2;2-3H,1H3. The van der Waals surface area contributed by atoms with Crippen molar-refractivity contribution < 1.29 is 5.21 Å². The lowest BCUT2D eigenvalue weighted by Crippen LogP contribution is -1.91. The first-order chi connectivity index (χ1) is 7.36. The second-order valence-corrected chi connectivity index (χ2v) is 3.08. The summed E-state index contributed by atoms with van der Waals surface area (Å²) in [5, 5.41) is 7.32. The lowest BCUT2D eigenvalue weighted by molar-refractivity contribution is 0.194. The molecular formula is C12H16N2O. The highest BCUT2D eigenvalue weighted by atomic mass is 16.5. The number of H-pyrrole nitrogens is 1. The van der Waals surface area contributed by atoms with Crippen molar-refractivity contribution in [1.29, 1.82) is 0 Å². The summed E-state index contributed by atoms with van der Waals surface area (Å²) in [6.07, 6.45) is 2.95. The molecule has 1 aromatic heterocycles. The third-order valence-corrected chi connectivity index (χ3v) is 1.90. The summed E-state index contributed by atoms with van der Waals surface area (Å²) in [5.41, 5.74) is 4.36. The molecular weight excluding hydrogens is 188 g/mol. The van der Waals surface area contributed by atoms with Gasteiger partial charge in [-0.05, 0) is 17.7 Å². The smallest absolute Gasteiger partial charge is 0.0191 e. The van der Waals surface area contributed by atoms with Crippen LogP contribution in [0.5, 0.6) is 0 Å². The lowest BCUT2D eigenvalue weighted by atomic mass is 10.1. The van der Waals surface area contributed by atoms with Gasteiger partial charge in [-0.1, -0.05) is 30.3 Å². The van der Waals surface area contributed by atoms with Gasteiger partial charge < -0.3 is 10.2 Å². The quantitative estimate of drug-likeness (QED) is 0.657. The van der Waals surface area contributed by atoms with Gasteiger partial charge in [0.2, 0.25) is 0 Å². The second-order valence-electron chi connectivity index (χ2n) is 3.08. The zero-order valence-electron chi connectivity index (χ0n) is 8.77. The number of hydrogen-bond donors (Lipinski definition) is 3. The fraction of sp³-hybridized carbons (Fsp3) is 0.167. The van der Waals surface area contributed by atoms with Gasteiger partial charge in [0.05, 0.1) is 0 Å². The Morgan fingerprint density at radius 2 is 1.80 bits per heavy atom. The van der Waals surface area contributed by atoms with Crippen molar-refractivity contribution >= 4 is 0 Å². The van der Waals surface area contributed by atoms with E-state index < -0.39 is 0 Å². The summed E-state index contributed by atoms with van der Waals surface area (Å²) in [5.74, 6) is 0. The number of nitrogens with one attached hydrogen (secondary N) is 2. The van der Waals surface area contributed by atoms with Gasteiger partial charge in [-0.2, -0.15) is 0 Å². The van der Waals surface area contributed by atoms with Gasteiger partial charge in [0, 0.05) is 25.4 Å². The molecule has 1 heterocycles. The summed E-state index contributed by atoms with van der Waals surface area (Å²) in [7, 11) is 1.43. The summed E-state index contributed by atoms with van der Waals surface area (Å²) in [4.78, 5) is 3.19. The molecule has 0 bridgehead atoms. The fourth-order valence-corrected chi connectivity index (χ4v) is 1.29. The maximum absolute atomic E-state index is 7.32. The predicted octanol–water partition coefficient (Wildman–Crippen LogP) is 2.20. The Balaban J connectivity index is 0.000000337. The number of aromatic amines is 1. The molecule has 0 fully saturated rings. The molecule has 1 aromatic carbocycles. The van der Waals surface area contributed by atoms with Crippen LogP contribution in [-0.2, 0) is 6.42 Å². The average Bonchev–Trinajstić information content (AvgIpc) is 2.73. The predicted molar refractivity (Wildman–Crippen MR) is 60.9 cm³/mol. The average molecular weight is 204 g/mol. The molecule has 2 aromatic rings. The van der Waals surface area contributed by atoms with Crippen molar-refractivity contribution in [3.05, 3.63) is 59.9 Å². The maximum atomic E-state index is 7.32. The van der Waals surface area contributed by atoms with Crippen LogP contribution in [0.3, 0.4) is 0 Å². The highest BCUT2D eigenvalue weighted by Crippen LogP contribution is 2.05. The highest BCUT2D eigenvalue weighted by molar-refractivity contribution is 5.21. The van der Waals surface area contributed by atoms with Gasteiger partial charge in [-0.25, -0.2) is 5.48 Å². The molecule has 0 saturated heterocycles. The van der Waals surface area contributed by atoms with Gasteiger partial charge in [0.15, 0.2) is 0 Å². The van der Waals surface area contributed by atoms with Crippen LogP contribution in [0.25, 0.3) is 0 Å². The number of rotatable bonds is 2. The van der Waals surface area contributed by atoms with Crippen molar-refractivity contribution in [2.45, 2.75) is 6.42 Å². The molecule has 0 radical (unpaired) electrons. The monoisotopic (exact) mass is 204 g/mol. The zero-order chi connectivity index (χ0) is 10.9. The molecule has 0 unspecified atom stereocenters. The zero-order valence-corrected chi connectivity index (χ0v) is 8.77. The third kappa shape index (κ3) is 4.44. The van der Waals surface area contributed by atoms with E-state index in [2.05, 4.69) is 35.3 Å². The Kier molecular flexibility index (Phi) is 5.22. The summed E-state index contributed by atoms with van der Waals surface area (Å²) in [6.45, 7) is 0. The minimum Gasteiger partial charge on any atom is -0.365 e. The van der Waals surface area contributed by atoms with Crippen molar-refractivity contribution in [3.63, 3.8) is 0 Å². The Bertz CT molecular complexity index is 343. The topological polar surface area (TPSA) is 48.0 Å². The first-order valence-corrected chi connectivity index (χ1v) is 4.84. The van der Waals surface area contributed by atoms with Gasteiger partial charge in [0.25, 0.3) is 0 Å². The normalized spacial score (nSPS) is 9.20. The molecule has 80 valence electrons. The van der Waals surface area contributed by atoms with Crippen LogP contribution in [0, 0.1) is 0 Å². The van der Waals surface area contributed by atoms with Crippen LogP contribution >= 0.6 is 0 Å². The highest BCUT2D eigenvalue weighted by Gasteiger charge is 1.93. The molecule has 0 atom stereocenters. The van der Waals surface area contributed by atoms with Crippen LogP contribution in [0.2, 0.25) is 0 Å². The van der Waals surface area contributed by atoms with Crippen molar-refractivity contribution in [1.82, 2.24) is 10.5 Å². The van der Waals surface area contributed by atoms with Crippen LogP contribution in [0.4, 0.5) is 0 Å². The van der Waals surface area contributed by atoms with Crippen molar-refractivity contribution in [3.8, 4) is 0 Å². The minimum absolute atomic E-state index is 0.994. The van der Waals surface area contributed by atoms with Crippen LogP contribution < -0.4 is 5.48 Å². The molecule has 2 rings (SSSR count). The number of hydrogen-bond acceptors (Lipinski definition) is 2. The first kappa shape index (κ1) is 11.5. The van der Waals surface area contributed by atoms with Gasteiger partial charge in [0.1, 0.15) is 0 Å². The minimum atomic E-state index is 0.994. The lowest BCUT2D eigenvalue weighted by Gasteiger charge is -1.96. The SMILES string of the molecule is CNO.c1ccc(Cc2ccc[nH]2)cc1. The number of benzene rings is 1. The fourth-order valence-electron chi connectivity index (χ4n) is 1.29. The van der Waals surface area contributed by atoms with Gasteiger partial charge in [-0.15, -0.1) is 0 Å². The van der Waals surface area contributed by atoms with E-state index in [1.54, 1.807) is 5.48 Å². The molecule has 0 aliphatic carbocycles. The van der Waals surface area contributed by atoms with Crippen LogP contribution in [0.1, 0.15) is 11.3 Å². The van der Waals surface area contributed by atoms with Crippen molar-refractivity contribution in [2.75, 3.05) is 7.05 Å². The van der Waals surface area contributed by atoms with E-state index in [0.717, 1.165) is 6.42 Å². The molecule has 3 heteroatoms. The summed E-state index contributed by atoms with van der Waals surface area (Å²) < 4.78 is 0. The Hall–Kier alpha value is -1.58. The third-order valence-electron chi connectivity index (χ3n) is 1.90. The summed E-state index contributed by atoms with van der Waals surface area (Å²) in [6, 6.07) is 14.6. The van der Waals surface area contributed by atoms with E-state index in [-0.39, 0.29) is 0 Å². The van der Waals surface area contributed by atoms with E-state index in [9.17, 15) is 0 Å².